The normalized spacial score (nSPS) is 16.5. The Morgan fingerprint density at radius 1 is 1.53 bits per heavy atom. The summed E-state index contributed by atoms with van der Waals surface area (Å²) >= 11 is 0. The number of aliphatic imine (C=N–C) groups is 1. The largest absolute Gasteiger partial charge is 0.444 e. The molecule has 0 saturated carbocycles. The number of carbonyl (C=O) groups excluding carboxylic acids is 1. The smallest absolute Gasteiger partial charge is 0.435 e. The fourth-order valence-corrected chi connectivity index (χ4v) is 1.46. The molecule has 0 unspecified atom stereocenters. The predicted octanol–water partition coefficient (Wildman–Crippen LogP) is 1.62. The van der Waals surface area contributed by atoms with E-state index in [1.165, 1.54) is 6.08 Å². The van der Waals surface area contributed by atoms with Gasteiger partial charge in [0, 0.05) is 13.1 Å². The molecule has 0 N–H and O–H groups in total. The lowest BCUT2D eigenvalue weighted by Crippen LogP contribution is -2.41. The van der Waals surface area contributed by atoms with Gasteiger partial charge in [0.1, 0.15) is 12.4 Å². The van der Waals surface area contributed by atoms with Gasteiger partial charge in [0.05, 0.1) is 13.2 Å². The highest BCUT2D eigenvalue weighted by atomic mass is 16.5. The first kappa shape index (κ1) is 13.4. The summed E-state index contributed by atoms with van der Waals surface area (Å²) < 4.78 is 10.1. The van der Waals surface area contributed by atoms with E-state index in [4.69, 9.17) is 9.47 Å². The highest BCUT2D eigenvalue weighted by molar-refractivity contribution is 6.02. The van der Waals surface area contributed by atoms with Gasteiger partial charge in [0.15, 0.2) is 0 Å². The molecule has 1 aliphatic rings. The molecule has 0 atom stereocenters. The molecule has 1 fully saturated rings. The van der Waals surface area contributed by atoms with Crippen molar-refractivity contribution in [1.82, 2.24) is 4.90 Å². The van der Waals surface area contributed by atoms with E-state index in [9.17, 15) is 4.79 Å². The number of hydrogen-bond donors (Lipinski definition) is 0. The Bertz CT molecular complexity index is 331. The van der Waals surface area contributed by atoms with Gasteiger partial charge in [0.25, 0.3) is 0 Å². The molecular weight excluding hydrogens is 220 g/mol. The molecule has 5 heteroatoms. The number of ether oxygens (including phenoxy) is 2. The third kappa shape index (κ3) is 4.40. The molecule has 1 aliphatic heterocycles. The molecule has 0 aromatic carbocycles. The highest BCUT2D eigenvalue weighted by Gasteiger charge is 2.17. The fraction of sp³-hybridized carbons (Fsp3) is 0.500. The molecule has 1 heterocycles. The van der Waals surface area contributed by atoms with Gasteiger partial charge in [-0.3, -0.25) is 0 Å². The first-order chi connectivity index (χ1) is 8.15. The Morgan fingerprint density at radius 2 is 2.18 bits per heavy atom. The van der Waals surface area contributed by atoms with Crippen LogP contribution in [0.15, 0.2) is 29.8 Å². The molecule has 0 aliphatic carbocycles. The molecule has 0 aromatic heterocycles. The summed E-state index contributed by atoms with van der Waals surface area (Å²) in [6.07, 6.45) is 0.886. The Labute approximate surface area is 101 Å². The maximum atomic E-state index is 11.4. The van der Waals surface area contributed by atoms with Crippen LogP contribution in [0, 0.1) is 0 Å². The summed E-state index contributed by atoms with van der Waals surface area (Å²) in [6, 6.07) is 0. The monoisotopic (exact) mass is 238 g/mol. The number of amidine groups is 1. The molecule has 0 aromatic rings. The van der Waals surface area contributed by atoms with Crippen molar-refractivity contribution in [3.8, 4) is 0 Å². The van der Waals surface area contributed by atoms with Gasteiger partial charge in [-0.1, -0.05) is 19.2 Å². The quantitative estimate of drug-likeness (QED) is 0.426. The van der Waals surface area contributed by atoms with Crippen molar-refractivity contribution in [1.29, 1.82) is 0 Å². The lowest BCUT2D eigenvalue weighted by Gasteiger charge is -2.29. The number of morpholine rings is 1. The van der Waals surface area contributed by atoms with Gasteiger partial charge in [-0.25, -0.2) is 4.79 Å². The van der Waals surface area contributed by atoms with Crippen LogP contribution in [-0.4, -0.2) is 49.7 Å². The molecule has 5 nitrogen and oxygen atoms in total. The van der Waals surface area contributed by atoms with E-state index < -0.39 is 6.09 Å². The lowest BCUT2D eigenvalue weighted by atomic mass is 10.2. The van der Waals surface area contributed by atoms with Crippen LogP contribution in [0.4, 0.5) is 4.79 Å². The number of nitrogens with zero attached hydrogens (tertiary/aromatic N) is 2. The standard InChI is InChI=1S/C12H18N2O3/c1-4-7-17-12(15)13-11(10(2)3)14-5-8-16-9-6-14/h4H,1-2,5-9H2,3H3/b13-11-. The Balaban J connectivity index is 2.69. The minimum atomic E-state index is -0.616. The molecular formula is C12H18N2O3. The van der Waals surface area contributed by atoms with E-state index in [0.29, 0.717) is 32.1 Å². The molecule has 0 spiro atoms. The minimum Gasteiger partial charge on any atom is -0.444 e. The summed E-state index contributed by atoms with van der Waals surface area (Å²) in [5.41, 5.74) is 0.738. The van der Waals surface area contributed by atoms with E-state index in [2.05, 4.69) is 18.2 Å². The van der Waals surface area contributed by atoms with E-state index in [-0.39, 0.29) is 6.61 Å². The molecule has 94 valence electrons. The first-order valence-electron chi connectivity index (χ1n) is 5.50. The zero-order valence-electron chi connectivity index (χ0n) is 10.1. The summed E-state index contributed by atoms with van der Waals surface area (Å²) in [6.45, 7) is 11.9. The second kappa shape index (κ2) is 6.85. The third-order valence-corrected chi connectivity index (χ3v) is 2.21. The number of hydrogen-bond acceptors (Lipinski definition) is 3. The van der Waals surface area contributed by atoms with E-state index in [1.807, 2.05) is 11.8 Å². The summed E-state index contributed by atoms with van der Waals surface area (Å²) in [4.78, 5) is 17.3. The SMILES string of the molecule is C=CCOC(=O)/N=C(/C(=C)C)N1CCOCC1. The second-order valence-corrected chi connectivity index (χ2v) is 3.68. The first-order valence-corrected chi connectivity index (χ1v) is 5.50. The van der Waals surface area contributed by atoms with Crippen LogP contribution in [0.25, 0.3) is 0 Å². The van der Waals surface area contributed by atoms with Gasteiger partial charge in [-0.2, -0.15) is 4.99 Å². The second-order valence-electron chi connectivity index (χ2n) is 3.68. The number of carbonyl (C=O) groups is 1. The topological polar surface area (TPSA) is 51.1 Å². The van der Waals surface area contributed by atoms with Crippen molar-refractivity contribution in [2.75, 3.05) is 32.9 Å². The van der Waals surface area contributed by atoms with Crippen molar-refractivity contribution in [3.05, 3.63) is 24.8 Å². The van der Waals surface area contributed by atoms with Crippen LogP contribution in [0.1, 0.15) is 6.92 Å². The average molecular weight is 238 g/mol. The number of rotatable bonds is 3. The minimum absolute atomic E-state index is 0.162. The van der Waals surface area contributed by atoms with Gasteiger partial charge >= 0.3 is 6.09 Å². The average Bonchev–Trinajstić information content (AvgIpc) is 2.34. The van der Waals surface area contributed by atoms with E-state index in [1.54, 1.807) is 0 Å². The molecule has 0 bridgehead atoms. The van der Waals surface area contributed by atoms with Crippen molar-refractivity contribution in [2.24, 2.45) is 4.99 Å². The number of amides is 1. The molecule has 1 amide bonds. The summed E-state index contributed by atoms with van der Waals surface area (Å²) in [7, 11) is 0. The summed E-state index contributed by atoms with van der Waals surface area (Å²) in [5, 5.41) is 0. The van der Waals surface area contributed by atoms with Crippen molar-refractivity contribution in [3.63, 3.8) is 0 Å². The van der Waals surface area contributed by atoms with Gasteiger partial charge in [0.2, 0.25) is 0 Å². The molecule has 1 rings (SSSR count). The van der Waals surface area contributed by atoms with Gasteiger partial charge in [-0.15, -0.1) is 0 Å². The van der Waals surface area contributed by atoms with Crippen LogP contribution >= 0.6 is 0 Å². The third-order valence-electron chi connectivity index (χ3n) is 2.21. The Kier molecular flexibility index (Phi) is 5.42. The maximum Gasteiger partial charge on any atom is 0.435 e. The van der Waals surface area contributed by atoms with Crippen LogP contribution in [-0.2, 0) is 9.47 Å². The van der Waals surface area contributed by atoms with Crippen molar-refractivity contribution < 1.29 is 14.3 Å². The van der Waals surface area contributed by atoms with Gasteiger partial charge < -0.3 is 14.4 Å². The Morgan fingerprint density at radius 3 is 2.71 bits per heavy atom. The zero-order valence-corrected chi connectivity index (χ0v) is 10.1. The van der Waals surface area contributed by atoms with Crippen LogP contribution in [0.3, 0.4) is 0 Å². The maximum absolute atomic E-state index is 11.4. The molecule has 1 saturated heterocycles. The fourth-order valence-electron chi connectivity index (χ4n) is 1.46. The van der Waals surface area contributed by atoms with Crippen LogP contribution in [0.5, 0.6) is 0 Å². The van der Waals surface area contributed by atoms with E-state index >= 15 is 0 Å². The van der Waals surface area contributed by atoms with Crippen LogP contribution in [0.2, 0.25) is 0 Å². The van der Waals surface area contributed by atoms with Crippen LogP contribution < -0.4 is 0 Å². The lowest BCUT2D eigenvalue weighted by molar-refractivity contribution is 0.0680. The van der Waals surface area contributed by atoms with Gasteiger partial charge in [-0.05, 0) is 12.5 Å². The molecule has 17 heavy (non-hydrogen) atoms. The highest BCUT2D eigenvalue weighted by Crippen LogP contribution is 2.06. The van der Waals surface area contributed by atoms with E-state index in [0.717, 1.165) is 5.57 Å². The molecule has 0 radical (unpaired) electrons. The predicted molar refractivity (Wildman–Crippen MR) is 66.2 cm³/mol. The van der Waals surface area contributed by atoms with Crippen molar-refractivity contribution >= 4 is 11.9 Å². The Hall–Kier alpha value is -1.62. The van der Waals surface area contributed by atoms with Crippen molar-refractivity contribution in [2.45, 2.75) is 6.92 Å². The summed E-state index contributed by atoms with van der Waals surface area (Å²) in [5.74, 6) is 0.572. The zero-order chi connectivity index (χ0) is 12.7.